The summed E-state index contributed by atoms with van der Waals surface area (Å²) in [5, 5.41) is 3.64. The summed E-state index contributed by atoms with van der Waals surface area (Å²) in [6, 6.07) is 2.14. The Balaban J connectivity index is 1.73. The number of methoxy groups -OCH3 is 1. The third-order valence-corrected chi connectivity index (χ3v) is 8.04. The van der Waals surface area contributed by atoms with Gasteiger partial charge in [0.2, 0.25) is 0 Å². The minimum absolute atomic E-state index is 0.0801. The molecule has 3 aromatic heterocycles. The van der Waals surface area contributed by atoms with Crippen molar-refractivity contribution in [2.75, 3.05) is 38.7 Å². The van der Waals surface area contributed by atoms with Crippen LogP contribution in [0.3, 0.4) is 0 Å². The number of anilines is 1. The average Bonchev–Trinajstić information content (AvgIpc) is 3.30. The molecule has 0 bridgehead atoms. The predicted molar refractivity (Wildman–Crippen MR) is 144 cm³/mol. The molecule has 4 heterocycles. The van der Waals surface area contributed by atoms with Crippen LogP contribution in [0.25, 0.3) is 21.3 Å². The predicted octanol–water partition coefficient (Wildman–Crippen LogP) is 6.32. The van der Waals surface area contributed by atoms with Crippen molar-refractivity contribution in [1.29, 1.82) is 0 Å². The summed E-state index contributed by atoms with van der Waals surface area (Å²) in [4.78, 5) is 12.8. The minimum atomic E-state index is -0.0801. The van der Waals surface area contributed by atoms with E-state index in [0.717, 1.165) is 66.3 Å². The number of hydrogen-bond donors (Lipinski definition) is 1. The Morgan fingerprint density at radius 2 is 2.00 bits per heavy atom. The molecule has 0 unspecified atom stereocenters. The second-order valence-electron chi connectivity index (χ2n) is 10.3. The summed E-state index contributed by atoms with van der Waals surface area (Å²) >= 11 is 5.48. The van der Waals surface area contributed by atoms with Crippen LogP contribution in [0.2, 0.25) is 0 Å². The first-order chi connectivity index (χ1) is 15.8. The Kier molecular flexibility index (Phi) is 7.98. The number of thiophene rings is 1. The quantitative estimate of drug-likeness (QED) is 0.347. The molecule has 0 radical (unpaired) electrons. The normalized spacial score (nSPS) is 16.3. The smallest absolute Gasteiger partial charge is 0.155 e. The second kappa shape index (κ2) is 10.6. The fraction of sp³-hybridized carbons (Fsp3) is 0.680. The summed E-state index contributed by atoms with van der Waals surface area (Å²) < 4.78 is 10.2. The number of nitrogens with zero attached hydrogens (tertiary/aromatic N) is 4. The summed E-state index contributed by atoms with van der Waals surface area (Å²) in [5.41, 5.74) is 3.25. The number of nitrogens with one attached hydrogen (secondary N) is 1. The number of hydrogen-bond acceptors (Lipinski definition) is 6. The van der Waals surface area contributed by atoms with Crippen LogP contribution in [0.15, 0.2) is 9.85 Å². The van der Waals surface area contributed by atoms with Gasteiger partial charge in [-0.05, 0) is 81.0 Å². The van der Waals surface area contributed by atoms with E-state index in [9.17, 15) is 0 Å². The number of rotatable bonds is 9. The zero-order valence-corrected chi connectivity index (χ0v) is 23.1. The van der Waals surface area contributed by atoms with Crippen molar-refractivity contribution in [3.63, 3.8) is 0 Å². The van der Waals surface area contributed by atoms with Crippen LogP contribution in [0, 0.1) is 5.92 Å². The van der Waals surface area contributed by atoms with Crippen molar-refractivity contribution in [3.05, 3.63) is 15.7 Å². The van der Waals surface area contributed by atoms with Crippen molar-refractivity contribution >= 4 is 54.3 Å². The van der Waals surface area contributed by atoms with Gasteiger partial charge in [-0.15, -0.1) is 11.3 Å². The van der Waals surface area contributed by atoms with Gasteiger partial charge < -0.3 is 19.5 Å². The molecular formula is C25H38BrN5OS. The lowest BCUT2D eigenvalue weighted by Gasteiger charge is -2.32. The van der Waals surface area contributed by atoms with E-state index in [1.165, 1.54) is 35.3 Å². The maximum absolute atomic E-state index is 5.28. The van der Waals surface area contributed by atoms with Crippen molar-refractivity contribution in [3.8, 4) is 0 Å². The molecule has 1 N–H and O–H groups in total. The molecule has 8 heteroatoms. The fourth-order valence-corrected chi connectivity index (χ4v) is 6.29. The van der Waals surface area contributed by atoms with E-state index in [2.05, 4.69) is 64.5 Å². The SMILES string of the molecule is CCCCc1nc2c(NC(C)(C)C)nc3cc(Br)sc3c2n1CC1CCN(CCOC)CC1. The lowest BCUT2D eigenvalue weighted by molar-refractivity contribution is 0.116. The highest BCUT2D eigenvalue weighted by molar-refractivity contribution is 9.11. The van der Waals surface area contributed by atoms with E-state index < -0.39 is 0 Å². The zero-order chi connectivity index (χ0) is 23.6. The highest BCUT2D eigenvalue weighted by atomic mass is 79.9. The number of aromatic nitrogens is 3. The molecule has 1 fully saturated rings. The molecule has 1 aliphatic rings. The number of piperidine rings is 1. The monoisotopic (exact) mass is 535 g/mol. The maximum atomic E-state index is 5.28. The zero-order valence-electron chi connectivity index (χ0n) is 20.7. The molecule has 0 aliphatic carbocycles. The van der Waals surface area contributed by atoms with Crippen LogP contribution in [0.4, 0.5) is 5.82 Å². The molecule has 6 nitrogen and oxygen atoms in total. The van der Waals surface area contributed by atoms with Crippen LogP contribution in [0.1, 0.15) is 59.2 Å². The van der Waals surface area contributed by atoms with E-state index >= 15 is 0 Å². The molecule has 0 saturated carbocycles. The van der Waals surface area contributed by atoms with Gasteiger partial charge in [-0.25, -0.2) is 9.97 Å². The van der Waals surface area contributed by atoms with Gasteiger partial charge in [0.1, 0.15) is 11.3 Å². The molecule has 182 valence electrons. The molecule has 33 heavy (non-hydrogen) atoms. The van der Waals surface area contributed by atoms with Crippen molar-refractivity contribution in [2.24, 2.45) is 5.92 Å². The summed E-state index contributed by atoms with van der Waals surface area (Å²) in [5.74, 6) is 2.79. The highest BCUT2D eigenvalue weighted by Crippen LogP contribution is 2.39. The molecule has 4 rings (SSSR count). The van der Waals surface area contributed by atoms with Crippen LogP contribution in [-0.4, -0.2) is 58.3 Å². The van der Waals surface area contributed by atoms with E-state index in [1.54, 1.807) is 18.4 Å². The van der Waals surface area contributed by atoms with Gasteiger partial charge in [-0.2, -0.15) is 0 Å². The lowest BCUT2D eigenvalue weighted by Crippen LogP contribution is -2.37. The number of halogens is 1. The van der Waals surface area contributed by atoms with Gasteiger partial charge >= 0.3 is 0 Å². The first kappa shape index (κ1) is 24.9. The highest BCUT2D eigenvalue weighted by Gasteiger charge is 2.25. The van der Waals surface area contributed by atoms with Crippen LogP contribution in [0.5, 0.6) is 0 Å². The van der Waals surface area contributed by atoms with E-state index in [4.69, 9.17) is 14.7 Å². The van der Waals surface area contributed by atoms with Crippen LogP contribution in [-0.2, 0) is 17.7 Å². The summed E-state index contributed by atoms with van der Waals surface area (Å²) in [6.45, 7) is 14.0. The Morgan fingerprint density at radius 1 is 1.24 bits per heavy atom. The minimum Gasteiger partial charge on any atom is -0.383 e. The molecular weight excluding hydrogens is 498 g/mol. The number of pyridine rings is 1. The van der Waals surface area contributed by atoms with Gasteiger partial charge in [0.15, 0.2) is 5.82 Å². The number of aryl methyl sites for hydroxylation is 1. The van der Waals surface area contributed by atoms with Crippen molar-refractivity contribution in [1.82, 2.24) is 19.4 Å². The van der Waals surface area contributed by atoms with Crippen LogP contribution < -0.4 is 5.32 Å². The number of likely N-dealkylation sites (tertiary alicyclic amines) is 1. The average molecular weight is 537 g/mol. The molecule has 1 saturated heterocycles. The van der Waals surface area contributed by atoms with Gasteiger partial charge in [0.05, 0.1) is 26.1 Å². The maximum Gasteiger partial charge on any atom is 0.155 e. The van der Waals surface area contributed by atoms with Gasteiger partial charge in [0, 0.05) is 32.2 Å². The van der Waals surface area contributed by atoms with Gasteiger partial charge in [-0.1, -0.05) is 13.3 Å². The summed E-state index contributed by atoms with van der Waals surface area (Å²) in [7, 11) is 1.79. The number of ether oxygens (including phenoxy) is 1. The van der Waals surface area contributed by atoms with E-state index in [-0.39, 0.29) is 5.54 Å². The first-order valence-corrected chi connectivity index (χ1v) is 13.9. The topological polar surface area (TPSA) is 55.2 Å². The third-order valence-electron chi connectivity index (χ3n) is 6.41. The standard InChI is InChI=1S/C25H38BrN5OS/c1-6-7-8-20-28-21-22(31(20)16-17-9-11-30(12-10-17)13-14-32-5)23-18(15-19(26)33-23)27-24(21)29-25(2,3)4/h15,17H,6-14,16H2,1-5H3,(H,27,29). The second-order valence-corrected chi connectivity index (χ2v) is 12.7. The number of unbranched alkanes of at least 4 members (excludes halogenated alkanes) is 1. The van der Waals surface area contributed by atoms with Crippen molar-refractivity contribution < 1.29 is 4.74 Å². The Labute approximate surface area is 210 Å². The van der Waals surface area contributed by atoms with Gasteiger partial charge in [0.25, 0.3) is 0 Å². The lowest BCUT2D eigenvalue weighted by atomic mass is 9.96. The molecule has 3 aromatic rings. The molecule has 0 aromatic carbocycles. The Morgan fingerprint density at radius 3 is 2.67 bits per heavy atom. The molecule has 0 amide bonds. The largest absolute Gasteiger partial charge is 0.383 e. The number of fused-ring (bicyclic) bond motifs is 3. The molecule has 1 aliphatic heterocycles. The molecule has 0 spiro atoms. The fourth-order valence-electron chi connectivity index (χ4n) is 4.71. The van der Waals surface area contributed by atoms with Crippen molar-refractivity contribution in [2.45, 2.75) is 71.9 Å². The third kappa shape index (κ3) is 5.89. The molecule has 0 atom stereocenters. The van der Waals surface area contributed by atoms with E-state index in [0.29, 0.717) is 5.92 Å². The van der Waals surface area contributed by atoms with Gasteiger partial charge in [-0.3, -0.25) is 0 Å². The Hall–Kier alpha value is -1.22. The van der Waals surface area contributed by atoms with Crippen LogP contribution >= 0.6 is 27.3 Å². The summed E-state index contributed by atoms with van der Waals surface area (Å²) in [6.07, 6.45) is 5.80. The Bertz CT molecular complexity index is 1080. The van der Waals surface area contributed by atoms with E-state index in [1.807, 2.05) is 0 Å². The first-order valence-electron chi connectivity index (χ1n) is 12.3. The number of imidazole rings is 1.